The summed E-state index contributed by atoms with van der Waals surface area (Å²) < 4.78 is 29.9. The molecule has 16 heavy (non-hydrogen) atoms. The molecule has 0 spiro atoms. The quantitative estimate of drug-likeness (QED) is 0.730. The fourth-order valence-corrected chi connectivity index (χ4v) is 1.98. The highest BCUT2D eigenvalue weighted by Crippen LogP contribution is 2.17. The molecule has 0 N–H and O–H groups in total. The highest BCUT2D eigenvalue weighted by molar-refractivity contribution is 7.89. The van der Waals surface area contributed by atoms with E-state index in [1.165, 1.54) is 30.5 Å². The first kappa shape index (κ1) is 13.1. The molecule has 0 aromatic heterocycles. The average Bonchev–Trinajstić information content (AvgIpc) is 2.26. The normalized spacial score (nSPS) is 11.5. The molecule has 0 saturated carbocycles. The zero-order chi connectivity index (χ0) is 12.2. The van der Waals surface area contributed by atoms with E-state index in [0.29, 0.717) is 5.75 Å². The second-order valence-electron chi connectivity index (χ2n) is 3.45. The maximum absolute atomic E-state index is 11.7. The van der Waals surface area contributed by atoms with Crippen LogP contribution in [-0.4, -0.2) is 34.3 Å². The van der Waals surface area contributed by atoms with Gasteiger partial charge in [-0.1, -0.05) is 6.92 Å². The van der Waals surface area contributed by atoms with Gasteiger partial charge >= 0.3 is 7.48 Å². The smallest absolute Gasteiger partial charge is 0.369 e. The van der Waals surface area contributed by atoms with Gasteiger partial charge in [-0.25, -0.2) is 12.7 Å². The SMILES string of the molecule is CC[B]Oc1ccc(S(=O)(=O)N(C)C)cc1. The van der Waals surface area contributed by atoms with Crippen molar-refractivity contribution in [3.63, 3.8) is 0 Å². The minimum absolute atomic E-state index is 0.265. The molecular weight excluding hydrogens is 225 g/mol. The van der Waals surface area contributed by atoms with Gasteiger partial charge in [0, 0.05) is 14.1 Å². The van der Waals surface area contributed by atoms with E-state index in [0.717, 1.165) is 6.32 Å². The lowest BCUT2D eigenvalue weighted by Crippen LogP contribution is -2.22. The van der Waals surface area contributed by atoms with Gasteiger partial charge in [0.25, 0.3) is 0 Å². The Labute approximate surface area is 97.5 Å². The maximum Gasteiger partial charge on any atom is 0.369 e. The summed E-state index contributed by atoms with van der Waals surface area (Å²) in [5, 5.41) is 0. The van der Waals surface area contributed by atoms with Gasteiger partial charge in [-0.15, -0.1) is 0 Å². The van der Waals surface area contributed by atoms with Crippen LogP contribution in [-0.2, 0) is 10.0 Å². The molecule has 0 aliphatic rings. The van der Waals surface area contributed by atoms with Gasteiger partial charge in [-0.2, -0.15) is 0 Å². The molecule has 4 nitrogen and oxygen atoms in total. The molecule has 1 rings (SSSR count). The van der Waals surface area contributed by atoms with Gasteiger partial charge in [-0.3, -0.25) is 0 Å². The van der Waals surface area contributed by atoms with Crippen molar-refractivity contribution in [2.45, 2.75) is 18.1 Å². The van der Waals surface area contributed by atoms with Gasteiger partial charge in [-0.05, 0) is 30.6 Å². The Bertz CT molecular complexity index is 428. The Balaban J connectivity index is 2.87. The van der Waals surface area contributed by atoms with Crippen molar-refractivity contribution in [2.75, 3.05) is 14.1 Å². The van der Waals surface area contributed by atoms with E-state index in [1.807, 2.05) is 6.92 Å². The third-order valence-corrected chi connectivity index (χ3v) is 3.82. The van der Waals surface area contributed by atoms with Crippen molar-refractivity contribution in [3.05, 3.63) is 24.3 Å². The molecule has 1 aromatic carbocycles. The topological polar surface area (TPSA) is 46.6 Å². The Kier molecular flexibility index (Phi) is 4.38. The van der Waals surface area contributed by atoms with Crippen LogP contribution >= 0.6 is 0 Å². The fraction of sp³-hybridized carbons (Fsp3) is 0.400. The van der Waals surface area contributed by atoms with Crippen molar-refractivity contribution in [3.8, 4) is 5.75 Å². The zero-order valence-electron chi connectivity index (χ0n) is 9.67. The third-order valence-electron chi connectivity index (χ3n) is 1.99. The molecule has 0 saturated heterocycles. The summed E-state index contributed by atoms with van der Waals surface area (Å²) in [6.45, 7) is 1.96. The average molecular weight is 240 g/mol. The molecule has 0 atom stereocenters. The largest absolute Gasteiger partial charge is 0.563 e. The Morgan fingerprint density at radius 3 is 2.25 bits per heavy atom. The summed E-state index contributed by atoms with van der Waals surface area (Å²) in [6, 6.07) is 6.35. The molecule has 0 aliphatic carbocycles. The first-order valence-electron chi connectivity index (χ1n) is 4.99. The summed E-state index contributed by atoms with van der Waals surface area (Å²) >= 11 is 0. The molecule has 6 heteroatoms. The second-order valence-corrected chi connectivity index (χ2v) is 5.60. The van der Waals surface area contributed by atoms with Gasteiger partial charge in [0.15, 0.2) is 0 Å². The van der Waals surface area contributed by atoms with Crippen LogP contribution in [0.4, 0.5) is 0 Å². The summed E-state index contributed by atoms with van der Waals surface area (Å²) in [7, 11) is 1.32. The van der Waals surface area contributed by atoms with Crippen molar-refractivity contribution >= 4 is 17.5 Å². The Morgan fingerprint density at radius 1 is 1.25 bits per heavy atom. The first-order chi connectivity index (χ1) is 7.48. The van der Waals surface area contributed by atoms with Crippen LogP contribution in [0.5, 0.6) is 5.75 Å². The number of benzene rings is 1. The zero-order valence-corrected chi connectivity index (χ0v) is 10.5. The van der Waals surface area contributed by atoms with E-state index in [1.54, 1.807) is 19.6 Å². The van der Waals surface area contributed by atoms with Crippen LogP contribution in [0.25, 0.3) is 0 Å². The number of nitrogens with zero attached hydrogens (tertiary/aromatic N) is 1. The van der Waals surface area contributed by atoms with Crippen LogP contribution in [0.2, 0.25) is 6.32 Å². The Morgan fingerprint density at radius 2 is 1.81 bits per heavy atom. The predicted octanol–water partition coefficient (Wildman–Crippen LogP) is 1.37. The van der Waals surface area contributed by atoms with Crippen molar-refractivity contribution < 1.29 is 13.1 Å². The van der Waals surface area contributed by atoms with Gasteiger partial charge in [0.1, 0.15) is 0 Å². The van der Waals surface area contributed by atoms with E-state index in [2.05, 4.69) is 0 Å². The number of sulfonamides is 1. The molecule has 0 fully saturated rings. The standard InChI is InChI=1S/C10H15BNO3S/c1-4-11-15-9-5-7-10(8-6-9)16(13,14)12(2)3/h5-8H,4H2,1-3H3. The van der Waals surface area contributed by atoms with E-state index < -0.39 is 10.0 Å². The lowest BCUT2D eigenvalue weighted by Gasteiger charge is -2.11. The molecule has 0 unspecified atom stereocenters. The molecule has 1 radical (unpaired) electrons. The summed E-state index contributed by atoms with van der Waals surface area (Å²) in [6.07, 6.45) is 0.803. The molecular formula is C10H15BNO3S. The van der Waals surface area contributed by atoms with Crippen LogP contribution < -0.4 is 4.65 Å². The van der Waals surface area contributed by atoms with Crippen LogP contribution in [0.3, 0.4) is 0 Å². The van der Waals surface area contributed by atoms with Crippen LogP contribution in [0.1, 0.15) is 6.92 Å². The molecule has 87 valence electrons. The Hall–Kier alpha value is -1.01. The van der Waals surface area contributed by atoms with Gasteiger partial charge in [0.05, 0.1) is 10.6 Å². The van der Waals surface area contributed by atoms with E-state index in [-0.39, 0.29) is 4.90 Å². The summed E-state index contributed by atoms with van der Waals surface area (Å²) in [5.41, 5.74) is 0. The number of hydrogen-bond acceptors (Lipinski definition) is 3. The van der Waals surface area contributed by atoms with Gasteiger partial charge < -0.3 is 4.65 Å². The number of hydrogen-bond donors (Lipinski definition) is 0. The van der Waals surface area contributed by atoms with E-state index in [4.69, 9.17) is 4.65 Å². The van der Waals surface area contributed by atoms with Gasteiger partial charge in [0.2, 0.25) is 10.0 Å². The summed E-state index contributed by atoms with van der Waals surface area (Å²) in [4.78, 5) is 0.265. The number of rotatable bonds is 5. The molecule has 0 aliphatic heterocycles. The highest BCUT2D eigenvalue weighted by atomic mass is 32.2. The molecule has 0 amide bonds. The van der Waals surface area contributed by atoms with E-state index in [9.17, 15) is 8.42 Å². The maximum atomic E-state index is 11.7. The minimum Gasteiger partial charge on any atom is -0.563 e. The van der Waals surface area contributed by atoms with Crippen molar-refractivity contribution in [1.82, 2.24) is 4.31 Å². The molecule has 0 bridgehead atoms. The van der Waals surface area contributed by atoms with E-state index >= 15 is 0 Å². The predicted molar refractivity (Wildman–Crippen MR) is 64.2 cm³/mol. The van der Waals surface area contributed by atoms with Crippen molar-refractivity contribution in [2.24, 2.45) is 0 Å². The molecule has 0 heterocycles. The minimum atomic E-state index is -3.35. The first-order valence-corrected chi connectivity index (χ1v) is 6.43. The third kappa shape index (κ3) is 2.99. The molecule has 1 aromatic rings. The lowest BCUT2D eigenvalue weighted by atomic mass is 9.97. The van der Waals surface area contributed by atoms with Crippen LogP contribution in [0.15, 0.2) is 29.2 Å². The lowest BCUT2D eigenvalue weighted by molar-refractivity contribution is 0.520. The summed E-state index contributed by atoms with van der Waals surface area (Å²) in [5.74, 6) is 0.638. The second kappa shape index (κ2) is 5.36. The fourth-order valence-electron chi connectivity index (χ4n) is 1.08. The monoisotopic (exact) mass is 240 g/mol. The highest BCUT2D eigenvalue weighted by Gasteiger charge is 2.16. The van der Waals surface area contributed by atoms with Crippen molar-refractivity contribution in [1.29, 1.82) is 0 Å². The van der Waals surface area contributed by atoms with Crippen LogP contribution in [0, 0.1) is 0 Å².